The summed E-state index contributed by atoms with van der Waals surface area (Å²) in [4.78, 5) is 4.40. The van der Waals surface area contributed by atoms with E-state index in [0.717, 1.165) is 24.6 Å². The van der Waals surface area contributed by atoms with E-state index in [0.29, 0.717) is 13.2 Å². The van der Waals surface area contributed by atoms with Crippen molar-refractivity contribution in [1.29, 1.82) is 0 Å². The number of hydrogen-bond acceptors (Lipinski definition) is 4. The molecular weight excluding hydrogens is 270 g/mol. The summed E-state index contributed by atoms with van der Waals surface area (Å²) in [6.45, 7) is 8.31. The van der Waals surface area contributed by atoms with Crippen LogP contribution in [0.2, 0.25) is 12.6 Å². The van der Waals surface area contributed by atoms with E-state index >= 15 is 0 Å². The average Bonchev–Trinajstić information content (AvgIpc) is 2.41. The first-order valence-electron chi connectivity index (χ1n) is 7.16. The second kappa shape index (κ2) is 8.89. The lowest BCUT2D eigenvalue weighted by molar-refractivity contribution is 0.188. The van der Waals surface area contributed by atoms with E-state index in [9.17, 15) is 5.11 Å². The summed E-state index contributed by atoms with van der Waals surface area (Å²) in [6, 6.07) is 7.97. The van der Waals surface area contributed by atoms with Gasteiger partial charge in [0.1, 0.15) is 5.75 Å². The van der Waals surface area contributed by atoms with Crippen molar-refractivity contribution in [2.75, 3.05) is 19.8 Å². The molecule has 0 radical (unpaired) electrons. The first kappa shape index (κ1) is 16.9. The van der Waals surface area contributed by atoms with Crippen LogP contribution in [0.5, 0.6) is 5.75 Å². The van der Waals surface area contributed by atoms with Gasteiger partial charge in [0.2, 0.25) is 0 Å². The number of benzene rings is 1. The molecule has 1 N–H and O–H groups in total. The van der Waals surface area contributed by atoms with Crippen LogP contribution in [-0.4, -0.2) is 39.6 Å². The van der Waals surface area contributed by atoms with E-state index in [4.69, 9.17) is 8.85 Å². The van der Waals surface area contributed by atoms with Crippen molar-refractivity contribution >= 4 is 14.8 Å². The fraction of sp³-hybridized carbons (Fsp3) is 0.533. The van der Waals surface area contributed by atoms with Crippen molar-refractivity contribution in [1.82, 2.24) is 0 Å². The molecular formula is C15H25NO3Si. The first-order valence-corrected chi connectivity index (χ1v) is 9.69. The molecule has 20 heavy (non-hydrogen) atoms. The minimum atomic E-state index is -1.99. The fourth-order valence-corrected chi connectivity index (χ4v) is 4.41. The van der Waals surface area contributed by atoms with Crippen molar-refractivity contribution in [2.24, 2.45) is 4.99 Å². The Kier molecular flexibility index (Phi) is 7.50. The van der Waals surface area contributed by atoms with E-state index in [-0.39, 0.29) is 5.75 Å². The van der Waals surface area contributed by atoms with Gasteiger partial charge < -0.3 is 14.0 Å². The zero-order valence-electron chi connectivity index (χ0n) is 12.6. The van der Waals surface area contributed by atoms with Gasteiger partial charge in [-0.15, -0.1) is 0 Å². The number of phenols is 1. The lowest BCUT2D eigenvalue weighted by Crippen LogP contribution is -2.38. The molecule has 0 saturated carbocycles. The Hall–Kier alpha value is -1.17. The van der Waals surface area contributed by atoms with Crippen LogP contribution in [0.3, 0.4) is 0 Å². The molecule has 0 saturated heterocycles. The van der Waals surface area contributed by atoms with Gasteiger partial charge in [-0.2, -0.15) is 0 Å². The minimum absolute atomic E-state index is 0.275. The molecule has 0 amide bonds. The Morgan fingerprint density at radius 3 is 2.30 bits per heavy atom. The molecule has 0 bridgehead atoms. The largest absolute Gasteiger partial charge is 0.508 e. The highest BCUT2D eigenvalue weighted by Gasteiger charge is 2.29. The molecule has 0 atom stereocenters. The van der Waals surface area contributed by atoms with Gasteiger partial charge >= 0.3 is 8.56 Å². The minimum Gasteiger partial charge on any atom is -0.508 e. The highest BCUT2D eigenvalue weighted by molar-refractivity contribution is 6.66. The first-order chi connectivity index (χ1) is 9.59. The molecule has 0 aliphatic heterocycles. The van der Waals surface area contributed by atoms with E-state index in [2.05, 4.69) is 11.5 Å². The number of rotatable bonds is 9. The van der Waals surface area contributed by atoms with Crippen LogP contribution >= 0.6 is 0 Å². The normalized spacial score (nSPS) is 12.2. The maximum absolute atomic E-state index is 9.19. The Bertz CT molecular complexity index is 400. The SMILES string of the molecule is CCO[Si](C)(CCCN=Cc1ccc(O)cc1)OCC. The van der Waals surface area contributed by atoms with E-state index < -0.39 is 8.56 Å². The molecule has 0 spiro atoms. The molecule has 0 unspecified atom stereocenters. The van der Waals surface area contributed by atoms with Crippen LogP contribution in [0.4, 0.5) is 0 Å². The van der Waals surface area contributed by atoms with Gasteiger partial charge in [0.05, 0.1) is 0 Å². The predicted molar refractivity (Wildman–Crippen MR) is 84.9 cm³/mol. The lowest BCUT2D eigenvalue weighted by atomic mass is 10.2. The summed E-state index contributed by atoms with van der Waals surface area (Å²) in [5.41, 5.74) is 0.998. The van der Waals surface area contributed by atoms with Gasteiger partial charge in [-0.25, -0.2) is 0 Å². The Morgan fingerprint density at radius 1 is 1.15 bits per heavy atom. The highest BCUT2D eigenvalue weighted by atomic mass is 28.4. The lowest BCUT2D eigenvalue weighted by Gasteiger charge is -2.25. The van der Waals surface area contributed by atoms with Crippen LogP contribution in [-0.2, 0) is 8.85 Å². The molecule has 0 fully saturated rings. The van der Waals surface area contributed by atoms with Crippen LogP contribution in [0, 0.1) is 0 Å². The second-order valence-electron chi connectivity index (χ2n) is 4.73. The molecule has 0 aromatic heterocycles. The third kappa shape index (κ3) is 6.32. The topological polar surface area (TPSA) is 51.0 Å². The molecule has 5 heteroatoms. The summed E-state index contributed by atoms with van der Waals surface area (Å²) in [5, 5.41) is 9.19. The van der Waals surface area contributed by atoms with Gasteiger partial charge in [0, 0.05) is 26.0 Å². The van der Waals surface area contributed by atoms with Gasteiger partial charge in [0.25, 0.3) is 0 Å². The third-order valence-corrected chi connectivity index (χ3v) is 6.01. The number of aliphatic imine (C=N–C) groups is 1. The van der Waals surface area contributed by atoms with E-state index in [1.165, 1.54) is 0 Å². The molecule has 0 aliphatic carbocycles. The smallest absolute Gasteiger partial charge is 0.334 e. The van der Waals surface area contributed by atoms with Gasteiger partial charge in [-0.1, -0.05) is 0 Å². The fourth-order valence-electron chi connectivity index (χ4n) is 2.02. The third-order valence-electron chi connectivity index (χ3n) is 2.95. The van der Waals surface area contributed by atoms with Gasteiger partial charge in [-0.3, -0.25) is 4.99 Å². The van der Waals surface area contributed by atoms with Gasteiger partial charge in [0.15, 0.2) is 0 Å². The summed E-state index contributed by atoms with van der Waals surface area (Å²) in [5.74, 6) is 0.275. The summed E-state index contributed by atoms with van der Waals surface area (Å²) in [6.07, 6.45) is 2.80. The Morgan fingerprint density at radius 2 is 1.75 bits per heavy atom. The molecule has 112 valence electrons. The van der Waals surface area contributed by atoms with E-state index in [1.54, 1.807) is 12.1 Å². The number of phenolic OH excluding ortho intramolecular Hbond substituents is 1. The Balaban J connectivity index is 2.34. The second-order valence-corrected chi connectivity index (χ2v) is 8.08. The van der Waals surface area contributed by atoms with Crippen molar-refractivity contribution in [3.05, 3.63) is 29.8 Å². The number of nitrogens with zero attached hydrogens (tertiary/aromatic N) is 1. The van der Waals surface area contributed by atoms with E-state index in [1.807, 2.05) is 32.2 Å². The Labute approximate surface area is 122 Å². The monoisotopic (exact) mass is 295 g/mol. The maximum Gasteiger partial charge on any atom is 0.334 e. The number of hydrogen-bond donors (Lipinski definition) is 1. The van der Waals surface area contributed by atoms with Crippen LogP contribution in [0.15, 0.2) is 29.3 Å². The summed E-state index contributed by atoms with van der Waals surface area (Å²) < 4.78 is 11.6. The quantitative estimate of drug-likeness (QED) is 0.432. The van der Waals surface area contributed by atoms with Crippen LogP contribution in [0.25, 0.3) is 0 Å². The average molecular weight is 295 g/mol. The van der Waals surface area contributed by atoms with Crippen LogP contribution in [0.1, 0.15) is 25.8 Å². The standard InChI is InChI=1S/C15H25NO3Si/c1-4-18-20(3,19-5-2)12-6-11-16-13-14-7-9-15(17)10-8-14/h7-10,13,17H,4-6,11-12H2,1-3H3. The summed E-state index contributed by atoms with van der Waals surface area (Å²) in [7, 11) is -1.99. The number of aromatic hydroxyl groups is 1. The maximum atomic E-state index is 9.19. The zero-order valence-corrected chi connectivity index (χ0v) is 13.6. The summed E-state index contributed by atoms with van der Waals surface area (Å²) >= 11 is 0. The van der Waals surface area contributed by atoms with Gasteiger partial charge in [-0.05, 0) is 62.7 Å². The van der Waals surface area contributed by atoms with Crippen molar-refractivity contribution in [2.45, 2.75) is 32.9 Å². The molecule has 4 nitrogen and oxygen atoms in total. The zero-order chi connectivity index (χ0) is 14.8. The van der Waals surface area contributed by atoms with Crippen molar-refractivity contribution in [3.63, 3.8) is 0 Å². The highest BCUT2D eigenvalue weighted by Crippen LogP contribution is 2.16. The van der Waals surface area contributed by atoms with Crippen molar-refractivity contribution < 1.29 is 14.0 Å². The molecule has 0 aliphatic rings. The molecule has 1 aromatic carbocycles. The van der Waals surface area contributed by atoms with Crippen LogP contribution < -0.4 is 0 Å². The van der Waals surface area contributed by atoms with Crippen molar-refractivity contribution in [3.8, 4) is 5.75 Å². The molecule has 0 heterocycles. The molecule has 1 aromatic rings. The molecule has 1 rings (SSSR count). The predicted octanol–water partition coefficient (Wildman–Crippen LogP) is 3.35.